The Morgan fingerprint density at radius 3 is 3.17 bits per heavy atom. The maximum absolute atomic E-state index is 10.6. The molecule has 0 radical (unpaired) electrons. The quantitative estimate of drug-likeness (QED) is 0.773. The molecule has 0 spiro atoms. The highest BCUT2D eigenvalue weighted by Gasteiger charge is 2.20. The van der Waals surface area contributed by atoms with Crippen LogP contribution < -0.4 is 0 Å². The molecule has 18 heavy (non-hydrogen) atoms. The molecule has 0 aliphatic carbocycles. The van der Waals surface area contributed by atoms with Crippen LogP contribution in [0.25, 0.3) is 0 Å². The Balaban J connectivity index is 1.83. The van der Waals surface area contributed by atoms with Gasteiger partial charge in [0.2, 0.25) is 0 Å². The van der Waals surface area contributed by atoms with Crippen molar-refractivity contribution in [1.29, 1.82) is 0 Å². The van der Waals surface area contributed by atoms with Gasteiger partial charge in [-0.05, 0) is 17.5 Å². The summed E-state index contributed by atoms with van der Waals surface area (Å²) in [5, 5.41) is 0. The highest BCUT2D eigenvalue weighted by molar-refractivity contribution is 5.70. The summed E-state index contributed by atoms with van der Waals surface area (Å²) in [6.45, 7) is 1.44. The lowest BCUT2D eigenvalue weighted by molar-refractivity contribution is 0.0306. The fourth-order valence-electron chi connectivity index (χ4n) is 2.36. The predicted molar refractivity (Wildman–Crippen MR) is 66.5 cm³/mol. The minimum atomic E-state index is 0.0450. The van der Waals surface area contributed by atoms with E-state index in [-0.39, 0.29) is 6.10 Å². The van der Waals surface area contributed by atoms with Crippen LogP contribution in [0.4, 0.5) is 0 Å². The van der Waals surface area contributed by atoms with Crippen LogP contribution in [0.3, 0.4) is 0 Å². The molecule has 0 amide bonds. The Labute approximate surface area is 105 Å². The lowest BCUT2D eigenvalue weighted by Gasteiger charge is -2.26. The van der Waals surface area contributed by atoms with Gasteiger partial charge in [0.05, 0.1) is 19.5 Å². The monoisotopic (exact) mass is 242 g/mol. The number of hydrogen-bond donors (Lipinski definition) is 0. The summed E-state index contributed by atoms with van der Waals surface area (Å²) in [5.74, 6) is 0. The lowest BCUT2D eigenvalue weighted by Crippen LogP contribution is -2.20. The highest BCUT2D eigenvalue weighted by Crippen LogP contribution is 2.28. The average Bonchev–Trinajstić information content (AvgIpc) is 2.87. The number of benzene rings is 1. The van der Waals surface area contributed by atoms with Crippen LogP contribution in [0.2, 0.25) is 0 Å². The van der Waals surface area contributed by atoms with Crippen molar-refractivity contribution >= 4 is 6.29 Å². The van der Waals surface area contributed by atoms with Gasteiger partial charge >= 0.3 is 0 Å². The van der Waals surface area contributed by atoms with Crippen molar-refractivity contribution in [2.75, 3.05) is 6.61 Å². The minimum absolute atomic E-state index is 0.0450. The molecule has 2 heterocycles. The third-order valence-electron chi connectivity index (χ3n) is 3.24. The maximum Gasteiger partial charge on any atom is 0.169 e. The van der Waals surface area contributed by atoms with Crippen LogP contribution in [0, 0.1) is 0 Å². The second-order valence-corrected chi connectivity index (χ2v) is 4.42. The van der Waals surface area contributed by atoms with Gasteiger partial charge in [-0.1, -0.05) is 24.3 Å². The molecule has 1 aliphatic heterocycles. The van der Waals surface area contributed by atoms with Crippen molar-refractivity contribution in [2.45, 2.75) is 19.1 Å². The first kappa shape index (κ1) is 11.2. The first-order valence-electron chi connectivity index (χ1n) is 6.03. The van der Waals surface area contributed by atoms with E-state index in [9.17, 15) is 4.79 Å². The number of nitrogens with zero attached hydrogens (tertiary/aromatic N) is 2. The second-order valence-electron chi connectivity index (χ2n) is 4.42. The molecule has 1 atom stereocenters. The molecule has 0 N–H and O–H groups in total. The summed E-state index contributed by atoms with van der Waals surface area (Å²) in [6, 6.07) is 8.35. The van der Waals surface area contributed by atoms with E-state index in [1.54, 1.807) is 12.5 Å². The van der Waals surface area contributed by atoms with Gasteiger partial charge in [-0.15, -0.1) is 0 Å². The zero-order valence-corrected chi connectivity index (χ0v) is 9.95. The van der Waals surface area contributed by atoms with Gasteiger partial charge in [0.1, 0.15) is 11.8 Å². The largest absolute Gasteiger partial charge is 0.371 e. The Kier molecular flexibility index (Phi) is 2.94. The van der Waals surface area contributed by atoms with Crippen molar-refractivity contribution in [3.05, 3.63) is 53.6 Å². The first-order valence-corrected chi connectivity index (χ1v) is 6.03. The van der Waals surface area contributed by atoms with Crippen LogP contribution in [0.1, 0.15) is 27.7 Å². The van der Waals surface area contributed by atoms with E-state index >= 15 is 0 Å². The number of carbonyl (C=O) groups is 1. The Bertz CT molecular complexity index is 562. The third-order valence-corrected chi connectivity index (χ3v) is 3.24. The van der Waals surface area contributed by atoms with E-state index in [0.717, 1.165) is 19.3 Å². The van der Waals surface area contributed by atoms with E-state index in [0.29, 0.717) is 12.2 Å². The van der Waals surface area contributed by atoms with Crippen LogP contribution in [0.5, 0.6) is 0 Å². The molecule has 0 saturated carbocycles. The van der Waals surface area contributed by atoms with E-state index in [4.69, 9.17) is 4.74 Å². The van der Waals surface area contributed by atoms with Crippen molar-refractivity contribution in [1.82, 2.24) is 9.55 Å². The molecular weight excluding hydrogens is 228 g/mol. The van der Waals surface area contributed by atoms with E-state index in [1.807, 2.05) is 10.6 Å². The van der Waals surface area contributed by atoms with E-state index in [2.05, 4.69) is 23.2 Å². The smallest absolute Gasteiger partial charge is 0.169 e. The SMILES string of the molecule is O=Cc1cn(CC2OCCc3ccccc32)cn1. The molecule has 1 unspecified atom stereocenters. The standard InChI is InChI=1S/C14H14N2O2/c17-9-12-7-16(10-15-12)8-14-13-4-2-1-3-11(13)5-6-18-14/h1-4,7,9-10,14H,5-6,8H2. The molecule has 92 valence electrons. The van der Waals surface area contributed by atoms with Gasteiger partial charge in [-0.3, -0.25) is 4.79 Å². The Hall–Kier alpha value is -1.94. The number of rotatable bonds is 3. The number of ether oxygens (including phenoxy) is 1. The van der Waals surface area contributed by atoms with Gasteiger partial charge in [-0.2, -0.15) is 0 Å². The molecule has 1 aromatic carbocycles. The van der Waals surface area contributed by atoms with Gasteiger partial charge in [0, 0.05) is 6.20 Å². The summed E-state index contributed by atoms with van der Waals surface area (Å²) in [7, 11) is 0. The van der Waals surface area contributed by atoms with E-state index in [1.165, 1.54) is 11.1 Å². The molecule has 0 fully saturated rings. The number of fused-ring (bicyclic) bond motifs is 1. The molecule has 4 heteroatoms. The van der Waals surface area contributed by atoms with Crippen LogP contribution in [-0.4, -0.2) is 22.4 Å². The third kappa shape index (κ3) is 2.07. The molecule has 4 nitrogen and oxygen atoms in total. The minimum Gasteiger partial charge on any atom is -0.371 e. The van der Waals surface area contributed by atoms with Crippen molar-refractivity contribution in [2.24, 2.45) is 0 Å². The highest BCUT2D eigenvalue weighted by atomic mass is 16.5. The fraction of sp³-hybridized carbons (Fsp3) is 0.286. The van der Waals surface area contributed by atoms with Gasteiger partial charge in [0.15, 0.2) is 6.29 Å². The molecular formula is C14H14N2O2. The van der Waals surface area contributed by atoms with Crippen molar-refractivity contribution < 1.29 is 9.53 Å². The second kappa shape index (κ2) is 4.74. The molecule has 1 aliphatic rings. The fourth-order valence-corrected chi connectivity index (χ4v) is 2.36. The Morgan fingerprint density at radius 1 is 1.44 bits per heavy atom. The van der Waals surface area contributed by atoms with Crippen molar-refractivity contribution in [3.63, 3.8) is 0 Å². The topological polar surface area (TPSA) is 44.1 Å². The summed E-state index contributed by atoms with van der Waals surface area (Å²) in [6.07, 6.45) is 5.18. The number of aromatic nitrogens is 2. The number of imidazole rings is 1. The molecule has 0 saturated heterocycles. The molecule has 0 bridgehead atoms. The first-order chi connectivity index (χ1) is 8.86. The summed E-state index contributed by atoms with van der Waals surface area (Å²) < 4.78 is 7.71. The zero-order chi connectivity index (χ0) is 12.4. The number of hydrogen-bond acceptors (Lipinski definition) is 3. The zero-order valence-electron chi connectivity index (χ0n) is 9.95. The lowest BCUT2D eigenvalue weighted by atomic mass is 9.97. The Morgan fingerprint density at radius 2 is 2.33 bits per heavy atom. The number of aldehydes is 1. The summed E-state index contributed by atoms with van der Waals surface area (Å²) >= 11 is 0. The average molecular weight is 242 g/mol. The van der Waals surface area contributed by atoms with Gasteiger partial charge < -0.3 is 9.30 Å². The normalized spacial score (nSPS) is 18.3. The van der Waals surface area contributed by atoms with Gasteiger partial charge in [0.25, 0.3) is 0 Å². The van der Waals surface area contributed by atoms with E-state index < -0.39 is 0 Å². The van der Waals surface area contributed by atoms with Crippen LogP contribution >= 0.6 is 0 Å². The van der Waals surface area contributed by atoms with Crippen LogP contribution in [0.15, 0.2) is 36.8 Å². The maximum atomic E-state index is 10.6. The van der Waals surface area contributed by atoms with Crippen molar-refractivity contribution in [3.8, 4) is 0 Å². The van der Waals surface area contributed by atoms with Crippen LogP contribution in [-0.2, 0) is 17.7 Å². The predicted octanol–water partition coefficient (Wildman–Crippen LogP) is 2.01. The molecule has 2 aromatic rings. The number of carbonyl (C=O) groups excluding carboxylic acids is 1. The van der Waals surface area contributed by atoms with Gasteiger partial charge in [-0.25, -0.2) is 4.98 Å². The molecule has 1 aromatic heterocycles. The summed E-state index contributed by atoms with van der Waals surface area (Å²) in [4.78, 5) is 14.6. The molecule has 3 rings (SSSR count). The summed E-state index contributed by atoms with van der Waals surface area (Å²) in [5.41, 5.74) is 3.05.